The van der Waals surface area contributed by atoms with Gasteiger partial charge in [0.1, 0.15) is 11.4 Å². The molecule has 0 bridgehead atoms. The van der Waals surface area contributed by atoms with Crippen LogP contribution >= 0.6 is 0 Å². The van der Waals surface area contributed by atoms with Gasteiger partial charge in [-0.1, -0.05) is 42.5 Å². The highest BCUT2D eigenvalue weighted by Gasteiger charge is 2.20. The minimum absolute atomic E-state index is 0.194. The standard InChI is InChI=1S/C21H23N5/c1-13(2)26-20-10-9-16(11-18(20)24-25-26)19-12-22-21(23-19)15(4)17-8-6-5-7-14(17)3/h5-11,13,15H,12H2,1-4H3. The lowest BCUT2D eigenvalue weighted by Crippen LogP contribution is -2.07. The summed E-state index contributed by atoms with van der Waals surface area (Å²) >= 11 is 0. The van der Waals surface area contributed by atoms with Crippen LogP contribution < -0.4 is 0 Å². The Kier molecular flexibility index (Phi) is 4.15. The summed E-state index contributed by atoms with van der Waals surface area (Å²) in [7, 11) is 0. The highest BCUT2D eigenvalue weighted by atomic mass is 15.4. The van der Waals surface area contributed by atoms with E-state index in [-0.39, 0.29) is 5.92 Å². The predicted molar refractivity (Wildman–Crippen MR) is 106 cm³/mol. The van der Waals surface area contributed by atoms with E-state index in [9.17, 15) is 0 Å². The molecule has 1 atom stereocenters. The van der Waals surface area contributed by atoms with Gasteiger partial charge < -0.3 is 0 Å². The van der Waals surface area contributed by atoms with Crippen molar-refractivity contribution in [2.24, 2.45) is 9.98 Å². The average Bonchev–Trinajstić information content (AvgIpc) is 3.28. The molecule has 26 heavy (non-hydrogen) atoms. The Bertz CT molecular complexity index is 1030. The molecule has 1 aromatic heterocycles. The second kappa shape index (κ2) is 6.48. The van der Waals surface area contributed by atoms with Crippen molar-refractivity contribution in [2.75, 3.05) is 6.54 Å². The van der Waals surface area contributed by atoms with Gasteiger partial charge in [-0.3, -0.25) is 4.99 Å². The normalized spacial score (nSPS) is 15.4. The Balaban J connectivity index is 1.63. The zero-order chi connectivity index (χ0) is 18.3. The number of nitrogens with zero attached hydrogens (tertiary/aromatic N) is 5. The number of amidine groups is 1. The molecule has 2 heterocycles. The quantitative estimate of drug-likeness (QED) is 0.707. The van der Waals surface area contributed by atoms with Gasteiger partial charge in [0.15, 0.2) is 0 Å². The van der Waals surface area contributed by atoms with Gasteiger partial charge in [-0.15, -0.1) is 5.10 Å². The number of aryl methyl sites for hydroxylation is 1. The molecule has 0 spiro atoms. The highest BCUT2D eigenvalue weighted by molar-refractivity contribution is 6.14. The zero-order valence-electron chi connectivity index (χ0n) is 15.6. The van der Waals surface area contributed by atoms with Crippen LogP contribution in [0.25, 0.3) is 11.0 Å². The molecular formula is C21H23N5. The Labute approximate surface area is 153 Å². The summed E-state index contributed by atoms with van der Waals surface area (Å²) < 4.78 is 1.94. The van der Waals surface area contributed by atoms with Crippen molar-refractivity contribution in [3.8, 4) is 0 Å². The van der Waals surface area contributed by atoms with Crippen LogP contribution in [0.4, 0.5) is 0 Å². The summed E-state index contributed by atoms with van der Waals surface area (Å²) in [5.41, 5.74) is 6.59. The summed E-state index contributed by atoms with van der Waals surface area (Å²) in [5.74, 6) is 1.10. The molecule has 0 N–H and O–H groups in total. The monoisotopic (exact) mass is 345 g/mol. The fourth-order valence-electron chi connectivity index (χ4n) is 3.47. The minimum atomic E-state index is 0.194. The van der Waals surface area contributed by atoms with E-state index in [0.29, 0.717) is 12.6 Å². The van der Waals surface area contributed by atoms with E-state index >= 15 is 0 Å². The van der Waals surface area contributed by atoms with Crippen molar-refractivity contribution in [3.05, 3.63) is 59.2 Å². The number of benzene rings is 2. The summed E-state index contributed by atoms with van der Waals surface area (Å²) in [6.07, 6.45) is 0. The molecule has 1 aliphatic heterocycles. The van der Waals surface area contributed by atoms with E-state index in [0.717, 1.165) is 28.1 Å². The fourth-order valence-corrected chi connectivity index (χ4v) is 3.47. The van der Waals surface area contributed by atoms with Crippen LogP contribution in [-0.2, 0) is 0 Å². The van der Waals surface area contributed by atoms with Crippen molar-refractivity contribution in [2.45, 2.75) is 39.7 Å². The Morgan fingerprint density at radius 1 is 1.04 bits per heavy atom. The molecule has 0 radical (unpaired) electrons. The number of aliphatic imine (C=N–C) groups is 2. The number of hydrogen-bond acceptors (Lipinski definition) is 4. The molecule has 5 heteroatoms. The first-order valence-corrected chi connectivity index (χ1v) is 9.07. The topological polar surface area (TPSA) is 55.4 Å². The van der Waals surface area contributed by atoms with Gasteiger partial charge in [-0.25, -0.2) is 9.67 Å². The summed E-state index contributed by atoms with van der Waals surface area (Å²) in [4.78, 5) is 9.53. The van der Waals surface area contributed by atoms with Crippen molar-refractivity contribution < 1.29 is 0 Å². The molecule has 0 fully saturated rings. The number of aromatic nitrogens is 3. The smallest absolute Gasteiger partial charge is 0.131 e. The van der Waals surface area contributed by atoms with Crippen molar-refractivity contribution in [1.29, 1.82) is 0 Å². The number of rotatable bonds is 4. The molecule has 3 aromatic rings. The van der Waals surface area contributed by atoms with Gasteiger partial charge in [0.2, 0.25) is 0 Å². The van der Waals surface area contributed by atoms with E-state index in [2.05, 4.69) is 80.5 Å². The lowest BCUT2D eigenvalue weighted by atomic mass is 9.96. The van der Waals surface area contributed by atoms with Gasteiger partial charge in [0.05, 0.1) is 17.8 Å². The van der Waals surface area contributed by atoms with E-state index in [4.69, 9.17) is 9.98 Å². The molecule has 132 valence electrons. The fraction of sp³-hybridized carbons (Fsp3) is 0.333. The lowest BCUT2D eigenvalue weighted by molar-refractivity contribution is 0.530. The maximum Gasteiger partial charge on any atom is 0.131 e. The molecule has 2 aromatic carbocycles. The maximum atomic E-state index is 4.84. The first-order valence-electron chi connectivity index (χ1n) is 9.07. The van der Waals surface area contributed by atoms with Crippen LogP contribution in [0.1, 0.15) is 49.4 Å². The van der Waals surface area contributed by atoms with Crippen molar-refractivity contribution in [3.63, 3.8) is 0 Å². The van der Waals surface area contributed by atoms with Gasteiger partial charge in [0.25, 0.3) is 0 Å². The van der Waals surface area contributed by atoms with Crippen LogP contribution in [0.3, 0.4) is 0 Å². The summed E-state index contributed by atoms with van der Waals surface area (Å²) in [5, 5.41) is 8.56. The van der Waals surface area contributed by atoms with Gasteiger partial charge in [0, 0.05) is 17.5 Å². The Hall–Kier alpha value is -2.82. The highest BCUT2D eigenvalue weighted by Crippen LogP contribution is 2.25. The second-order valence-electron chi connectivity index (χ2n) is 7.14. The number of hydrogen-bond donors (Lipinski definition) is 0. The van der Waals surface area contributed by atoms with Crippen LogP contribution in [0, 0.1) is 6.92 Å². The van der Waals surface area contributed by atoms with E-state index in [1.54, 1.807) is 0 Å². The first-order chi connectivity index (χ1) is 12.5. The van der Waals surface area contributed by atoms with Crippen LogP contribution in [0.2, 0.25) is 0 Å². The van der Waals surface area contributed by atoms with Gasteiger partial charge in [-0.2, -0.15) is 0 Å². The molecule has 5 nitrogen and oxygen atoms in total. The van der Waals surface area contributed by atoms with Gasteiger partial charge in [-0.05, 0) is 44.0 Å². The summed E-state index contributed by atoms with van der Waals surface area (Å²) in [6.45, 7) is 9.14. The van der Waals surface area contributed by atoms with E-state index < -0.39 is 0 Å². The number of fused-ring (bicyclic) bond motifs is 1. The first kappa shape index (κ1) is 16.6. The average molecular weight is 345 g/mol. The van der Waals surface area contributed by atoms with E-state index in [1.165, 1.54) is 11.1 Å². The summed E-state index contributed by atoms with van der Waals surface area (Å²) in [6, 6.07) is 15.0. The zero-order valence-corrected chi connectivity index (χ0v) is 15.6. The third kappa shape index (κ3) is 2.83. The molecule has 0 aliphatic carbocycles. The van der Waals surface area contributed by atoms with Crippen molar-refractivity contribution in [1.82, 2.24) is 15.0 Å². The molecule has 0 amide bonds. The largest absolute Gasteiger partial charge is 0.263 e. The Morgan fingerprint density at radius 2 is 1.85 bits per heavy atom. The molecule has 1 aliphatic rings. The predicted octanol–water partition coefficient (Wildman–Crippen LogP) is 4.33. The SMILES string of the molecule is Cc1ccccc1C(C)C1=NCC(c2ccc3c(c2)nnn3C(C)C)=N1. The third-order valence-electron chi connectivity index (χ3n) is 4.98. The molecule has 4 rings (SSSR count). The Morgan fingerprint density at radius 3 is 2.62 bits per heavy atom. The van der Waals surface area contributed by atoms with Gasteiger partial charge >= 0.3 is 0 Å². The van der Waals surface area contributed by atoms with Crippen LogP contribution in [0.15, 0.2) is 52.4 Å². The van der Waals surface area contributed by atoms with Crippen molar-refractivity contribution >= 4 is 22.6 Å². The second-order valence-corrected chi connectivity index (χ2v) is 7.14. The van der Waals surface area contributed by atoms with Crippen LogP contribution in [-0.4, -0.2) is 33.1 Å². The molecule has 0 saturated heterocycles. The molecule has 1 unspecified atom stereocenters. The lowest BCUT2D eigenvalue weighted by Gasteiger charge is -2.12. The molecular weight excluding hydrogens is 322 g/mol. The van der Waals surface area contributed by atoms with E-state index in [1.807, 2.05) is 4.68 Å². The third-order valence-corrected chi connectivity index (χ3v) is 4.98. The van der Waals surface area contributed by atoms with Crippen LogP contribution in [0.5, 0.6) is 0 Å². The minimum Gasteiger partial charge on any atom is -0.263 e. The maximum absolute atomic E-state index is 4.84. The molecule has 0 saturated carbocycles.